The molecule has 0 bridgehead atoms. The van der Waals surface area contributed by atoms with Crippen LogP contribution in [0, 0.1) is 30.1 Å². The lowest BCUT2D eigenvalue weighted by molar-refractivity contribution is 0.172. The van der Waals surface area contributed by atoms with Gasteiger partial charge >= 0.3 is 0 Å². The zero-order valence-corrected chi connectivity index (χ0v) is 23.9. The molecule has 9 heteroatoms. The van der Waals surface area contributed by atoms with Crippen molar-refractivity contribution in [1.29, 1.82) is 5.26 Å². The maximum absolute atomic E-state index is 9.22. The smallest absolute Gasteiger partial charge is 0.173 e. The molecule has 1 saturated heterocycles. The molecular formula is C27H38Cl2N4O2S. The predicted molar refractivity (Wildman–Crippen MR) is 152 cm³/mol. The fourth-order valence-corrected chi connectivity index (χ4v) is 5.28. The van der Waals surface area contributed by atoms with Crippen molar-refractivity contribution < 1.29 is 9.26 Å². The van der Waals surface area contributed by atoms with Crippen molar-refractivity contribution in [2.75, 3.05) is 33.8 Å². The lowest BCUT2D eigenvalue weighted by Gasteiger charge is -2.31. The SMILES string of the molecule is CNC.Cc1c(OCC2CC2)ccc2c(CCC3CCN(Cc4ccsc4C#N)CC3)noc12.Cl.Cl. The third-order valence-corrected chi connectivity index (χ3v) is 7.69. The maximum atomic E-state index is 9.22. The second-order valence-corrected chi connectivity index (χ2v) is 10.5. The Morgan fingerprint density at radius 1 is 1.14 bits per heavy atom. The molecule has 2 aliphatic rings. The first-order valence-electron chi connectivity index (χ1n) is 12.4. The Bertz CT molecular complexity index is 1110. The molecule has 3 aromatic rings. The molecule has 1 saturated carbocycles. The number of nitrogens with zero attached hydrogens (tertiary/aromatic N) is 3. The lowest BCUT2D eigenvalue weighted by Crippen LogP contribution is -2.33. The van der Waals surface area contributed by atoms with Gasteiger partial charge in [-0.05, 0) is 114 Å². The number of halogens is 2. The number of piperidine rings is 1. The van der Waals surface area contributed by atoms with E-state index in [4.69, 9.17) is 9.26 Å². The van der Waals surface area contributed by atoms with Crippen molar-refractivity contribution in [3.05, 3.63) is 45.3 Å². The molecule has 36 heavy (non-hydrogen) atoms. The van der Waals surface area contributed by atoms with Gasteiger partial charge in [-0.15, -0.1) is 36.2 Å². The molecule has 0 unspecified atom stereocenters. The van der Waals surface area contributed by atoms with E-state index >= 15 is 0 Å². The van der Waals surface area contributed by atoms with Crippen LogP contribution < -0.4 is 10.1 Å². The van der Waals surface area contributed by atoms with E-state index in [0.29, 0.717) is 0 Å². The largest absolute Gasteiger partial charge is 0.493 e. The minimum absolute atomic E-state index is 0. The quantitative estimate of drug-likeness (QED) is 0.349. The molecule has 0 radical (unpaired) electrons. The number of benzene rings is 1. The Morgan fingerprint density at radius 2 is 1.86 bits per heavy atom. The van der Waals surface area contributed by atoms with Gasteiger partial charge in [0.25, 0.3) is 0 Å². The van der Waals surface area contributed by atoms with Crippen molar-refractivity contribution in [3.8, 4) is 11.8 Å². The number of aryl methyl sites for hydroxylation is 2. The number of hydrogen-bond donors (Lipinski definition) is 1. The van der Waals surface area contributed by atoms with Gasteiger partial charge in [0.1, 0.15) is 16.7 Å². The predicted octanol–water partition coefficient (Wildman–Crippen LogP) is 6.38. The summed E-state index contributed by atoms with van der Waals surface area (Å²) in [5, 5.41) is 19.5. The van der Waals surface area contributed by atoms with Gasteiger partial charge in [0.15, 0.2) is 5.58 Å². The molecule has 0 spiro atoms. The maximum Gasteiger partial charge on any atom is 0.173 e. The first-order valence-corrected chi connectivity index (χ1v) is 13.3. The summed E-state index contributed by atoms with van der Waals surface area (Å²) in [6.07, 6.45) is 7.11. The van der Waals surface area contributed by atoms with E-state index in [0.717, 1.165) is 83.8 Å². The third-order valence-electron chi connectivity index (χ3n) is 6.82. The number of ether oxygens (including phenoxy) is 1. The number of nitrogens with one attached hydrogen (secondary N) is 1. The first kappa shape index (κ1) is 30.4. The number of hydrogen-bond acceptors (Lipinski definition) is 7. The fourth-order valence-electron chi connectivity index (χ4n) is 4.57. The highest BCUT2D eigenvalue weighted by Gasteiger charge is 2.24. The molecule has 5 rings (SSSR count). The van der Waals surface area contributed by atoms with Crippen molar-refractivity contribution in [2.45, 2.75) is 52.0 Å². The highest BCUT2D eigenvalue weighted by molar-refractivity contribution is 7.10. The van der Waals surface area contributed by atoms with Gasteiger partial charge in [0.2, 0.25) is 0 Å². The number of rotatable bonds is 8. The normalized spacial score (nSPS) is 15.8. The summed E-state index contributed by atoms with van der Waals surface area (Å²) in [5.74, 6) is 2.40. The summed E-state index contributed by atoms with van der Waals surface area (Å²) in [7, 11) is 3.75. The molecule has 0 amide bonds. The zero-order valence-electron chi connectivity index (χ0n) is 21.4. The van der Waals surface area contributed by atoms with Gasteiger partial charge in [0, 0.05) is 17.5 Å². The van der Waals surface area contributed by atoms with E-state index in [1.54, 1.807) is 11.3 Å². The van der Waals surface area contributed by atoms with Crippen LogP contribution in [-0.2, 0) is 13.0 Å². The Kier molecular flexibility index (Phi) is 12.5. The molecule has 2 fully saturated rings. The molecule has 1 aliphatic heterocycles. The number of fused-ring (bicyclic) bond motifs is 1. The molecule has 0 atom stereocenters. The van der Waals surface area contributed by atoms with Crippen LogP contribution in [0.1, 0.15) is 53.8 Å². The average molecular weight is 554 g/mol. The van der Waals surface area contributed by atoms with Crippen LogP contribution in [0.5, 0.6) is 5.75 Å². The molecule has 3 heterocycles. The molecule has 1 aromatic carbocycles. The monoisotopic (exact) mass is 552 g/mol. The fraction of sp³-hybridized carbons (Fsp3) is 0.556. The molecule has 198 valence electrons. The summed E-state index contributed by atoms with van der Waals surface area (Å²) in [6.45, 7) is 5.99. The van der Waals surface area contributed by atoms with Crippen LogP contribution in [-0.4, -0.2) is 43.8 Å². The Morgan fingerprint density at radius 3 is 2.53 bits per heavy atom. The van der Waals surface area contributed by atoms with Crippen LogP contribution in [0.25, 0.3) is 11.0 Å². The number of likely N-dealkylation sites (tertiary alicyclic amines) is 1. The second kappa shape index (κ2) is 14.8. The highest BCUT2D eigenvalue weighted by atomic mass is 35.5. The summed E-state index contributed by atoms with van der Waals surface area (Å²) in [4.78, 5) is 3.34. The zero-order chi connectivity index (χ0) is 23.9. The van der Waals surface area contributed by atoms with E-state index in [1.807, 2.05) is 19.5 Å². The Balaban J connectivity index is 0.000000871. The molecule has 6 nitrogen and oxygen atoms in total. The van der Waals surface area contributed by atoms with Gasteiger partial charge in [-0.1, -0.05) is 5.16 Å². The van der Waals surface area contributed by atoms with Crippen LogP contribution in [0.15, 0.2) is 28.1 Å². The minimum atomic E-state index is 0. The van der Waals surface area contributed by atoms with Gasteiger partial charge in [-0.3, -0.25) is 4.90 Å². The standard InChI is InChI=1S/C25H29N3O2S.C2H7N.2ClH/c1-17-23(29-16-19-2-3-19)7-5-21-22(27-30-25(17)21)6-4-18-8-11-28(12-9-18)15-20-10-13-31-24(20)14-26;1-3-2;;/h5,7,10,13,18-19H,2-4,6,8-9,11-12,15-16H2,1H3;3H,1-2H3;2*1H. The summed E-state index contributed by atoms with van der Waals surface area (Å²) < 4.78 is 11.7. The third kappa shape index (κ3) is 7.84. The van der Waals surface area contributed by atoms with Gasteiger partial charge in [-0.2, -0.15) is 5.26 Å². The summed E-state index contributed by atoms with van der Waals surface area (Å²) >= 11 is 1.54. The van der Waals surface area contributed by atoms with Crippen molar-refractivity contribution >= 4 is 47.1 Å². The highest BCUT2D eigenvalue weighted by Crippen LogP contribution is 2.34. The average Bonchev–Trinajstić information content (AvgIpc) is 3.41. The van der Waals surface area contributed by atoms with Gasteiger partial charge < -0.3 is 14.6 Å². The summed E-state index contributed by atoms with van der Waals surface area (Å²) in [6, 6.07) is 8.61. The van der Waals surface area contributed by atoms with E-state index in [2.05, 4.69) is 46.6 Å². The number of nitriles is 1. The van der Waals surface area contributed by atoms with Crippen molar-refractivity contribution in [2.24, 2.45) is 11.8 Å². The Hall–Kier alpha value is -1.82. The molecule has 2 aromatic heterocycles. The topological polar surface area (TPSA) is 74.3 Å². The van der Waals surface area contributed by atoms with E-state index in [-0.39, 0.29) is 24.8 Å². The second-order valence-electron chi connectivity index (χ2n) is 9.59. The van der Waals surface area contributed by atoms with Crippen molar-refractivity contribution in [3.63, 3.8) is 0 Å². The number of thiophene rings is 1. The molecule has 1 N–H and O–H groups in total. The molecule has 1 aliphatic carbocycles. The van der Waals surface area contributed by atoms with Crippen LogP contribution in [0.2, 0.25) is 0 Å². The van der Waals surface area contributed by atoms with Crippen LogP contribution >= 0.6 is 36.2 Å². The lowest BCUT2D eigenvalue weighted by atomic mass is 9.91. The number of aromatic nitrogens is 1. The van der Waals surface area contributed by atoms with Crippen LogP contribution in [0.3, 0.4) is 0 Å². The van der Waals surface area contributed by atoms with Gasteiger partial charge in [-0.25, -0.2) is 0 Å². The van der Waals surface area contributed by atoms with Crippen LogP contribution in [0.4, 0.5) is 0 Å². The molecular weight excluding hydrogens is 515 g/mol. The minimum Gasteiger partial charge on any atom is -0.493 e. The van der Waals surface area contributed by atoms with E-state index < -0.39 is 0 Å². The summed E-state index contributed by atoms with van der Waals surface area (Å²) in [5.41, 5.74) is 4.19. The first-order chi connectivity index (χ1) is 16.6. The van der Waals surface area contributed by atoms with E-state index in [9.17, 15) is 5.26 Å². The van der Waals surface area contributed by atoms with E-state index in [1.165, 1.54) is 31.2 Å². The van der Waals surface area contributed by atoms with Crippen molar-refractivity contribution in [1.82, 2.24) is 15.4 Å². The Labute approximate surface area is 231 Å². The van der Waals surface area contributed by atoms with Gasteiger partial charge in [0.05, 0.1) is 12.3 Å².